The molecule has 0 saturated carbocycles. The van der Waals surface area contributed by atoms with Gasteiger partial charge < -0.3 is 0 Å². The van der Waals surface area contributed by atoms with Gasteiger partial charge in [-0.05, 0) is 0 Å². The molecule has 0 rings (SSSR count). The third kappa shape index (κ3) is 3.69. The Morgan fingerprint density at radius 2 is 1.55 bits per heavy atom. The zero-order valence-electron chi connectivity index (χ0n) is 4.92. The summed E-state index contributed by atoms with van der Waals surface area (Å²) in [5.74, 6) is -4.59. The van der Waals surface area contributed by atoms with Crippen LogP contribution in [0.2, 0.25) is 0 Å². The Bertz CT molecular complexity index is 186. The summed E-state index contributed by atoms with van der Waals surface area (Å²) < 4.78 is 67.8. The van der Waals surface area contributed by atoms with Crippen LogP contribution in [0.1, 0.15) is 0 Å². The Kier molecular flexibility index (Phi) is 3.16. The van der Waals surface area contributed by atoms with Gasteiger partial charge in [0, 0.05) is 6.08 Å². The molecule has 0 aromatic rings. The highest BCUT2D eigenvalue weighted by Gasteiger charge is 2.34. The SMILES string of the molecule is F/C=C(F)/C=C(\F)C(F)(F)F. The lowest BCUT2D eigenvalue weighted by Gasteiger charge is -2.00. The highest BCUT2D eigenvalue weighted by Crippen LogP contribution is 2.27. The molecule has 0 bridgehead atoms. The minimum Gasteiger partial charge on any atom is -0.212 e. The number of hydrogen-bond donors (Lipinski definition) is 0. The fourth-order valence-electron chi connectivity index (χ4n) is 0.234. The first-order valence-electron chi connectivity index (χ1n) is 2.28. The molecule has 64 valence electrons. The predicted octanol–water partition coefficient (Wildman–Crippen LogP) is 3.18. The van der Waals surface area contributed by atoms with Gasteiger partial charge >= 0.3 is 6.18 Å². The Morgan fingerprint density at radius 3 is 1.82 bits per heavy atom. The molecule has 0 atom stereocenters. The summed E-state index contributed by atoms with van der Waals surface area (Å²) in [7, 11) is 0. The van der Waals surface area contributed by atoms with Crippen molar-refractivity contribution in [2.45, 2.75) is 6.18 Å². The second-order valence-electron chi connectivity index (χ2n) is 1.48. The standard InChI is InChI=1S/C5H2F6/c6-2-3(7)1-4(8)5(9,10)11/h1-2H/b3-2-,4-1-. The van der Waals surface area contributed by atoms with E-state index < -0.39 is 30.2 Å². The van der Waals surface area contributed by atoms with Gasteiger partial charge in [0.1, 0.15) is 6.33 Å². The quantitative estimate of drug-likeness (QED) is 0.425. The van der Waals surface area contributed by atoms with Crippen LogP contribution in [-0.2, 0) is 0 Å². The number of halogens is 6. The average Bonchev–Trinajstić information content (AvgIpc) is 1.85. The molecule has 0 nitrogen and oxygen atoms in total. The van der Waals surface area contributed by atoms with Gasteiger partial charge in [0.2, 0.25) is 5.83 Å². The van der Waals surface area contributed by atoms with E-state index in [1.54, 1.807) is 0 Å². The van der Waals surface area contributed by atoms with Crippen LogP contribution in [0.25, 0.3) is 0 Å². The monoisotopic (exact) mass is 176 g/mol. The van der Waals surface area contributed by atoms with Crippen molar-refractivity contribution in [3.63, 3.8) is 0 Å². The van der Waals surface area contributed by atoms with Gasteiger partial charge in [0.05, 0.1) is 0 Å². The van der Waals surface area contributed by atoms with Crippen molar-refractivity contribution >= 4 is 0 Å². The molecule has 0 heterocycles. The van der Waals surface area contributed by atoms with E-state index in [1.807, 2.05) is 0 Å². The average molecular weight is 176 g/mol. The molecule has 0 unspecified atom stereocenters. The molecule has 0 aromatic carbocycles. The van der Waals surface area contributed by atoms with Gasteiger partial charge in [-0.15, -0.1) is 0 Å². The minimum atomic E-state index is -5.26. The van der Waals surface area contributed by atoms with Crippen molar-refractivity contribution in [2.24, 2.45) is 0 Å². The Hall–Kier alpha value is -0.940. The molecule has 0 N–H and O–H groups in total. The first kappa shape index (κ1) is 10.1. The van der Waals surface area contributed by atoms with Gasteiger partial charge in [0.15, 0.2) is 5.83 Å². The van der Waals surface area contributed by atoms with E-state index in [0.717, 1.165) is 0 Å². The van der Waals surface area contributed by atoms with Crippen molar-refractivity contribution < 1.29 is 26.3 Å². The smallest absolute Gasteiger partial charge is 0.212 e. The molecule has 0 fully saturated rings. The Balaban J connectivity index is 4.48. The molecule has 0 aliphatic rings. The zero-order chi connectivity index (χ0) is 9.07. The second-order valence-corrected chi connectivity index (χ2v) is 1.48. The van der Waals surface area contributed by atoms with Crippen molar-refractivity contribution in [3.8, 4) is 0 Å². The molecule has 0 radical (unpaired) electrons. The molecular formula is C5H2F6. The normalized spacial score (nSPS) is 15.5. The van der Waals surface area contributed by atoms with Crippen LogP contribution in [0.15, 0.2) is 24.1 Å². The lowest BCUT2D eigenvalue weighted by molar-refractivity contribution is -0.108. The van der Waals surface area contributed by atoms with Crippen LogP contribution in [-0.4, -0.2) is 6.18 Å². The number of hydrogen-bond acceptors (Lipinski definition) is 0. The lowest BCUT2D eigenvalue weighted by Crippen LogP contribution is -2.07. The van der Waals surface area contributed by atoms with Gasteiger partial charge in [-0.1, -0.05) is 0 Å². The van der Waals surface area contributed by atoms with E-state index in [4.69, 9.17) is 0 Å². The molecule has 0 aromatic heterocycles. The van der Waals surface area contributed by atoms with E-state index in [2.05, 4.69) is 0 Å². The first-order valence-corrected chi connectivity index (χ1v) is 2.28. The predicted molar refractivity (Wildman–Crippen MR) is 25.5 cm³/mol. The molecule has 0 aliphatic heterocycles. The van der Waals surface area contributed by atoms with Crippen molar-refractivity contribution in [1.29, 1.82) is 0 Å². The van der Waals surface area contributed by atoms with Gasteiger partial charge in [0.25, 0.3) is 0 Å². The van der Waals surface area contributed by atoms with Crippen molar-refractivity contribution in [3.05, 3.63) is 24.1 Å². The number of allylic oxidation sites excluding steroid dienone is 3. The van der Waals surface area contributed by atoms with Crippen molar-refractivity contribution in [1.82, 2.24) is 0 Å². The van der Waals surface area contributed by atoms with E-state index >= 15 is 0 Å². The maximum Gasteiger partial charge on any atom is 0.443 e. The minimum absolute atomic E-state index is 0.583. The first-order chi connectivity index (χ1) is 4.88. The second kappa shape index (κ2) is 3.45. The third-order valence-corrected chi connectivity index (χ3v) is 0.640. The molecule has 6 heteroatoms. The maximum atomic E-state index is 11.6. The largest absolute Gasteiger partial charge is 0.443 e. The van der Waals surface area contributed by atoms with Crippen LogP contribution in [0.5, 0.6) is 0 Å². The van der Waals surface area contributed by atoms with E-state index in [-0.39, 0.29) is 0 Å². The topological polar surface area (TPSA) is 0 Å². The summed E-state index contributed by atoms with van der Waals surface area (Å²) in [5, 5.41) is 0. The summed E-state index contributed by atoms with van der Waals surface area (Å²) in [6, 6.07) is 0. The molecule has 11 heavy (non-hydrogen) atoms. The van der Waals surface area contributed by atoms with Gasteiger partial charge in [-0.25, -0.2) is 13.2 Å². The summed E-state index contributed by atoms with van der Waals surface area (Å²) >= 11 is 0. The van der Waals surface area contributed by atoms with Crippen LogP contribution in [0.4, 0.5) is 26.3 Å². The molecular weight excluding hydrogens is 174 g/mol. The third-order valence-electron chi connectivity index (χ3n) is 0.640. The van der Waals surface area contributed by atoms with Gasteiger partial charge in [-0.2, -0.15) is 13.2 Å². The van der Waals surface area contributed by atoms with Crippen LogP contribution in [0.3, 0.4) is 0 Å². The lowest BCUT2D eigenvalue weighted by atomic mass is 10.4. The van der Waals surface area contributed by atoms with E-state index in [9.17, 15) is 26.3 Å². The highest BCUT2D eigenvalue weighted by molar-refractivity contribution is 5.14. The van der Waals surface area contributed by atoms with Crippen molar-refractivity contribution in [2.75, 3.05) is 0 Å². The summed E-state index contributed by atoms with van der Waals surface area (Å²) in [6.07, 6.45) is -6.62. The van der Waals surface area contributed by atoms with E-state index in [1.165, 1.54) is 0 Å². The molecule has 0 aliphatic carbocycles. The zero-order valence-corrected chi connectivity index (χ0v) is 4.92. The maximum absolute atomic E-state index is 11.6. The molecule has 0 amide bonds. The summed E-state index contributed by atoms with van der Waals surface area (Å²) in [6.45, 7) is 0. The number of alkyl halides is 3. The fraction of sp³-hybridized carbons (Fsp3) is 0.200. The summed E-state index contributed by atoms with van der Waals surface area (Å²) in [4.78, 5) is 0. The number of rotatable bonds is 1. The van der Waals surface area contributed by atoms with Gasteiger partial charge in [-0.3, -0.25) is 0 Å². The van der Waals surface area contributed by atoms with Crippen LogP contribution >= 0.6 is 0 Å². The Labute approximate surface area is 57.8 Å². The van der Waals surface area contributed by atoms with Crippen LogP contribution in [0, 0.1) is 0 Å². The van der Waals surface area contributed by atoms with E-state index in [0.29, 0.717) is 0 Å². The Morgan fingerprint density at radius 1 is 1.09 bits per heavy atom. The fourth-order valence-corrected chi connectivity index (χ4v) is 0.234. The van der Waals surface area contributed by atoms with Crippen LogP contribution < -0.4 is 0 Å². The molecule has 0 saturated heterocycles. The molecule has 0 spiro atoms. The highest BCUT2D eigenvalue weighted by atomic mass is 19.4. The summed E-state index contributed by atoms with van der Waals surface area (Å²) in [5.41, 5.74) is 0.